The number of hydrogen-bond donors (Lipinski definition) is 0. The molecule has 0 saturated carbocycles. The van der Waals surface area contributed by atoms with Crippen molar-refractivity contribution in [1.29, 1.82) is 5.26 Å². The van der Waals surface area contributed by atoms with Gasteiger partial charge < -0.3 is 4.74 Å². The Balaban J connectivity index is 2.39. The van der Waals surface area contributed by atoms with E-state index < -0.39 is 0 Å². The van der Waals surface area contributed by atoms with Gasteiger partial charge in [0.2, 0.25) is 5.88 Å². The summed E-state index contributed by atoms with van der Waals surface area (Å²) in [6, 6.07) is 11.0. The molecule has 0 radical (unpaired) electrons. The van der Waals surface area contributed by atoms with Gasteiger partial charge in [-0.15, -0.1) is 0 Å². The maximum absolute atomic E-state index is 8.96. The van der Waals surface area contributed by atoms with Gasteiger partial charge in [-0.3, -0.25) is 0 Å². The molecule has 1 aromatic carbocycles. The fourth-order valence-electron chi connectivity index (χ4n) is 1.34. The number of nitriles is 1. The van der Waals surface area contributed by atoms with E-state index in [1.54, 1.807) is 24.4 Å². The van der Waals surface area contributed by atoms with Gasteiger partial charge in [0.05, 0.1) is 10.0 Å². The first-order chi connectivity index (χ1) is 8.22. The van der Waals surface area contributed by atoms with Crippen LogP contribution in [0.25, 0.3) is 0 Å². The van der Waals surface area contributed by atoms with Gasteiger partial charge >= 0.3 is 0 Å². The molecule has 0 bridgehead atoms. The summed E-state index contributed by atoms with van der Waals surface area (Å²) in [5, 5.41) is 8.96. The lowest BCUT2D eigenvalue weighted by Crippen LogP contribution is -1.92. The van der Waals surface area contributed by atoms with Crippen molar-refractivity contribution >= 4 is 15.9 Å². The van der Waals surface area contributed by atoms with Crippen molar-refractivity contribution in [1.82, 2.24) is 4.98 Å². The zero-order valence-corrected chi connectivity index (χ0v) is 10.7. The number of aromatic nitrogens is 1. The SMILES string of the molecule is Cc1ccnc(Oc2ccccc2C#N)c1Br. The zero-order chi connectivity index (χ0) is 12.3. The molecular formula is C13H9BrN2O. The first-order valence-corrected chi connectivity index (χ1v) is 5.80. The summed E-state index contributed by atoms with van der Waals surface area (Å²) < 4.78 is 6.43. The lowest BCUT2D eigenvalue weighted by molar-refractivity contribution is 0.457. The van der Waals surface area contributed by atoms with Gasteiger partial charge in [0.1, 0.15) is 11.8 Å². The predicted octanol–water partition coefficient (Wildman–Crippen LogP) is 3.82. The van der Waals surface area contributed by atoms with Gasteiger partial charge in [0.25, 0.3) is 0 Å². The van der Waals surface area contributed by atoms with Crippen LogP contribution in [0.5, 0.6) is 11.6 Å². The number of pyridine rings is 1. The minimum atomic E-state index is 0.465. The lowest BCUT2D eigenvalue weighted by Gasteiger charge is -2.08. The Morgan fingerprint density at radius 2 is 2.06 bits per heavy atom. The second kappa shape index (κ2) is 4.98. The summed E-state index contributed by atoms with van der Waals surface area (Å²) in [7, 11) is 0. The van der Waals surface area contributed by atoms with Gasteiger partial charge in [-0.2, -0.15) is 5.26 Å². The van der Waals surface area contributed by atoms with Crippen molar-refractivity contribution in [2.75, 3.05) is 0 Å². The average molecular weight is 289 g/mol. The van der Waals surface area contributed by atoms with Crippen molar-refractivity contribution in [3.63, 3.8) is 0 Å². The quantitative estimate of drug-likeness (QED) is 0.844. The number of para-hydroxylation sites is 1. The molecule has 0 unspecified atom stereocenters. The molecule has 0 N–H and O–H groups in total. The van der Waals surface area contributed by atoms with Gasteiger partial charge in [-0.05, 0) is 46.6 Å². The monoisotopic (exact) mass is 288 g/mol. The van der Waals surface area contributed by atoms with E-state index in [4.69, 9.17) is 10.00 Å². The predicted molar refractivity (Wildman–Crippen MR) is 67.9 cm³/mol. The normalized spacial score (nSPS) is 9.71. The molecule has 0 aliphatic carbocycles. The van der Waals surface area contributed by atoms with Crippen molar-refractivity contribution < 1.29 is 4.74 Å². The number of halogens is 1. The largest absolute Gasteiger partial charge is 0.436 e. The highest BCUT2D eigenvalue weighted by Crippen LogP contribution is 2.31. The van der Waals surface area contributed by atoms with E-state index in [1.165, 1.54) is 0 Å². The molecule has 2 aromatic rings. The van der Waals surface area contributed by atoms with Crippen LogP contribution in [0.1, 0.15) is 11.1 Å². The lowest BCUT2D eigenvalue weighted by atomic mass is 10.2. The number of ether oxygens (including phenoxy) is 1. The number of rotatable bonds is 2. The third kappa shape index (κ3) is 2.45. The van der Waals surface area contributed by atoms with E-state index >= 15 is 0 Å². The van der Waals surface area contributed by atoms with Crippen molar-refractivity contribution in [3.05, 3.63) is 52.1 Å². The maximum atomic E-state index is 8.96. The summed E-state index contributed by atoms with van der Waals surface area (Å²) >= 11 is 3.41. The summed E-state index contributed by atoms with van der Waals surface area (Å²) in [5.74, 6) is 0.974. The fraction of sp³-hybridized carbons (Fsp3) is 0.0769. The average Bonchev–Trinajstić information content (AvgIpc) is 2.35. The first kappa shape index (κ1) is 11.6. The highest BCUT2D eigenvalue weighted by molar-refractivity contribution is 9.10. The molecule has 0 amide bonds. The maximum Gasteiger partial charge on any atom is 0.233 e. The molecule has 0 fully saturated rings. The molecular weight excluding hydrogens is 280 g/mol. The molecule has 84 valence electrons. The fourth-order valence-corrected chi connectivity index (χ4v) is 1.65. The topological polar surface area (TPSA) is 45.9 Å². The Hall–Kier alpha value is -1.86. The summed E-state index contributed by atoms with van der Waals surface area (Å²) in [5.41, 5.74) is 1.52. The van der Waals surface area contributed by atoms with Crippen molar-refractivity contribution in [3.8, 4) is 17.7 Å². The number of nitrogens with zero attached hydrogens (tertiary/aromatic N) is 2. The molecule has 0 aliphatic heterocycles. The van der Waals surface area contributed by atoms with E-state index in [1.807, 2.05) is 19.1 Å². The molecule has 1 aromatic heterocycles. The van der Waals surface area contributed by atoms with Gasteiger partial charge in [0, 0.05) is 6.20 Å². The molecule has 0 spiro atoms. The minimum absolute atomic E-state index is 0.465. The molecule has 2 rings (SSSR count). The van der Waals surface area contributed by atoms with Crippen LogP contribution in [0.4, 0.5) is 0 Å². The molecule has 0 atom stereocenters. The van der Waals surface area contributed by atoms with E-state index in [-0.39, 0.29) is 0 Å². The van der Waals surface area contributed by atoms with Gasteiger partial charge in [-0.1, -0.05) is 12.1 Å². The zero-order valence-electron chi connectivity index (χ0n) is 9.14. The van der Waals surface area contributed by atoms with Crippen LogP contribution in [0.2, 0.25) is 0 Å². The Labute approximate surface area is 108 Å². The highest BCUT2D eigenvalue weighted by Gasteiger charge is 2.09. The summed E-state index contributed by atoms with van der Waals surface area (Å²) in [6.45, 7) is 1.95. The minimum Gasteiger partial charge on any atom is -0.436 e. The molecule has 1 heterocycles. The van der Waals surface area contributed by atoms with Crippen LogP contribution < -0.4 is 4.74 Å². The third-order valence-corrected chi connectivity index (χ3v) is 3.23. The van der Waals surface area contributed by atoms with Crippen LogP contribution in [0, 0.1) is 18.3 Å². The Morgan fingerprint density at radius 3 is 2.82 bits per heavy atom. The van der Waals surface area contributed by atoms with Crippen LogP contribution in [-0.2, 0) is 0 Å². The van der Waals surface area contributed by atoms with E-state index in [2.05, 4.69) is 27.0 Å². The van der Waals surface area contributed by atoms with Crippen molar-refractivity contribution in [2.45, 2.75) is 6.92 Å². The molecule has 0 saturated heterocycles. The van der Waals surface area contributed by atoms with E-state index in [0.717, 1.165) is 10.0 Å². The number of benzene rings is 1. The molecule has 0 aliphatic rings. The standard InChI is InChI=1S/C13H9BrN2O/c1-9-6-7-16-13(12(9)14)17-11-5-3-2-4-10(11)8-15/h2-7H,1H3. The van der Waals surface area contributed by atoms with Crippen LogP contribution in [0.15, 0.2) is 41.0 Å². The van der Waals surface area contributed by atoms with E-state index in [9.17, 15) is 0 Å². The summed E-state index contributed by atoms with van der Waals surface area (Å²) in [4.78, 5) is 4.13. The highest BCUT2D eigenvalue weighted by atomic mass is 79.9. The van der Waals surface area contributed by atoms with Crippen LogP contribution >= 0.6 is 15.9 Å². The Morgan fingerprint density at radius 1 is 1.29 bits per heavy atom. The second-order valence-corrected chi connectivity index (χ2v) is 4.25. The van der Waals surface area contributed by atoms with Crippen molar-refractivity contribution in [2.24, 2.45) is 0 Å². The molecule has 17 heavy (non-hydrogen) atoms. The van der Waals surface area contributed by atoms with Gasteiger partial charge in [0.15, 0.2) is 0 Å². The molecule has 3 nitrogen and oxygen atoms in total. The number of hydrogen-bond acceptors (Lipinski definition) is 3. The third-order valence-electron chi connectivity index (χ3n) is 2.26. The van der Waals surface area contributed by atoms with Gasteiger partial charge in [-0.25, -0.2) is 4.98 Å². The van der Waals surface area contributed by atoms with Crippen LogP contribution in [-0.4, -0.2) is 4.98 Å². The second-order valence-electron chi connectivity index (χ2n) is 3.46. The Kier molecular flexibility index (Phi) is 3.40. The Bertz CT molecular complexity index is 590. The van der Waals surface area contributed by atoms with Crippen LogP contribution in [0.3, 0.4) is 0 Å². The first-order valence-electron chi connectivity index (χ1n) is 5.00. The summed E-state index contributed by atoms with van der Waals surface area (Å²) in [6.07, 6.45) is 1.67. The number of aryl methyl sites for hydroxylation is 1. The van der Waals surface area contributed by atoms with E-state index in [0.29, 0.717) is 17.2 Å². The smallest absolute Gasteiger partial charge is 0.233 e. The molecule has 4 heteroatoms.